The van der Waals surface area contributed by atoms with Crippen LogP contribution in [0, 0.1) is 0 Å². The van der Waals surface area contributed by atoms with Crippen LogP contribution in [-0.2, 0) is 9.47 Å². The highest BCUT2D eigenvalue weighted by molar-refractivity contribution is 5.49. The van der Waals surface area contributed by atoms with Crippen molar-refractivity contribution in [3.63, 3.8) is 0 Å². The summed E-state index contributed by atoms with van der Waals surface area (Å²) < 4.78 is 11.0. The number of ether oxygens (including phenoxy) is 2. The lowest BCUT2D eigenvalue weighted by molar-refractivity contribution is -0.0819. The van der Waals surface area contributed by atoms with Gasteiger partial charge in [-0.15, -0.1) is 0 Å². The van der Waals surface area contributed by atoms with Gasteiger partial charge in [0.25, 0.3) is 0 Å². The summed E-state index contributed by atoms with van der Waals surface area (Å²) in [6.07, 6.45) is 3.72. The van der Waals surface area contributed by atoms with Gasteiger partial charge in [-0.3, -0.25) is 0 Å². The molecule has 3 rings (SSSR count). The molecule has 1 aromatic heterocycles. The summed E-state index contributed by atoms with van der Waals surface area (Å²) in [7, 11) is 0. The van der Waals surface area contributed by atoms with Gasteiger partial charge >= 0.3 is 0 Å². The van der Waals surface area contributed by atoms with Gasteiger partial charge in [-0.2, -0.15) is 0 Å². The third-order valence-electron chi connectivity index (χ3n) is 3.93. The molecule has 2 fully saturated rings. The van der Waals surface area contributed by atoms with Gasteiger partial charge in [0, 0.05) is 19.2 Å². The molecule has 116 valence electrons. The van der Waals surface area contributed by atoms with Crippen molar-refractivity contribution >= 4 is 11.6 Å². The molecule has 2 saturated heterocycles. The fourth-order valence-electron chi connectivity index (χ4n) is 2.80. The Morgan fingerprint density at radius 3 is 3.14 bits per heavy atom. The smallest absolute Gasteiger partial charge is 0.134 e. The van der Waals surface area contributed by atoms with Gasteiger partial charge in [-0.1, -0.05) is 0 Å². The summed E-state index contributed by atoms with van der Waals surface area (Å²) in [5.74, 6) is 1.64. The minimum Gasteiger partial charge on any atom is -0.394 e. The number of hydrogen-bond acceptors (Lipinski definition) is 7. The Morgan fingerprint density at radius 1 is 1.38 bits per heavy atom. The Morgan fingerprint density at radius 2 is 2.33 bits per heavy atom. The monoisotopic (exact) mass is 294 g/mol. The molecule has 7 heteroatoms. The van der Waals surface area contributed by atoms with E-state index in [0.717, 1.165) is 31.0 Å². The standard InChI is InChI=1S/C14H22N4O3/c19-8-11-2-1-3-18(11)14-6-13(16-10-17-14)15-7-12-9-20-4-5-21-12/h6,10-12,19H,1-5,7-9H2,(H,15,16,17)/t11-,12-/m1/s1. The second kappa shape index (κ2) is 7.02. The first-order valence-electron chi connectivity index (χ1n) is 7.49. The third kappa shape index (κ3) is 3.61. The van der Waals surface area contributed by atoms with Gasteiger partial charge in [-0.25, -0.2) is 9.97 Å². The van der Waals surface area contributed by atoms with Gasteiger partial charge in [0.1, 0.15) is 18.0 Å². The molecule has 7 nitrogen and oxygen atoms in total. The third-order valence-corrected chi connectivity index (χ3v) is 3.93. The van der Waals surface area contributed by atoms with Crippen molar-refractivity contribution in [1.82, 2.24) is 9.97 Å². The second-order valence-electron chi connectivity index (χ2n) is 5.38. The summed E-state index contributed by atoms with van der Waals surface area (Å²) in [4.78, 5) is 10.7. The minimum absolute atomic E-state index is 0.0640. The molecule has 0 spiro atoms. The van der Waals surface area contributed by atoms with Crippen LogP contribution in [0.5, 0.6) is 0 Å². The van der Waals surface area contributed by atoms with Crippen molar-refractivity contribution in [1.29, 1.82) is 0 Å². The average Bonchev–Trinajstić information content (AvgIpc) is 3.03. The molecule has 0 bridgehead atoms. The van der Waals surface area contributed by atoms with E-state index < -0.39 is 0 Å². The molecular weight excluding hydrogens is 272 g/mol. The first-order chi connectivity index (χ1) is 10.4. The molecule has 0 amide bonds. The van der Waals surface area contributed by atoms with Gasteiger partial charge in [0.15, 0.2) is 0 Å². The molecule has 0 aromatic carbocycles. The number of rotatable bonds is 5. The number of aliphatic hydroxyl groups excluding tert-OH is 1. The largest absolute Gasteiger partial charge is 0.394 e. The van der Waals surface area contributed by atoms with E-state index in [1.54, 1.807) is 6.33 Å². The fourth-order valence-corrected chi connectivity index (χ4v) is 2.80. The van der Waals surface area contributed by atoms with E-state index >= 15 is 0 Å². The van der Waals surface area contributed by atoms with Gasteiger partial charge < -0.3 is 24.8 Å². The number of aromatic nitrogens is 2. The summed E-state index contributed by atoms with van der Waals surface area (Å²) >= 11 is 0. The van der Waals surface area contributed by atoms with Gasteiger partial charge in [-0.05, 0) is 12.8 Å². The maximum atomic E-state index is 9.41. The molecule has 0 saturated carbocycles. The van der Waals surface area contributed by atoms with Crippen LogP contribution >= 0.6 is 0 Å². The molecule has 0 radical (unpaired) electrons. The molecule has 2 aliphatic rings. The topological polar surface area (TPSA) is 79.7 Å². The lowest BCUT2D eigenvalue weighted by Gasteiger charge is -2.25. The lowest BCUT2D eigenvalue weighted by atomic mass is 10.2. The predicted octanol–water partition coefficient (Wildman–Crippen LogP) is 0.265. The molecule has 2 atom stereocenters. The van der Waals surface area contributed by atoms with Crippen molar-refractivity contribution in [2.24, 2.45) is 0 Å². The highest BCUT2D eigenvalue weighted by Crippen LogP contribution is 2.24. The number of hydrogen-bond donors (Lipinski definition) is 2. The van der Waals surface area contributed by atoms with E-state index in [-0.39, 0.29) is 18.8 Å². The van der Waals surface area contributed by atoms with Crippen LogP contribution in [0.2, 0.25) is 0 Å². The van der Waals surface area contributed by atoms with E-state index in [2.05, 4.69) is 20.2 Å². The zero-order valence-corrected chi connectivity index (χ0v) is 12.1. The SMILES string of the molecule is OC[C@H]1CCCN1c1cc(NC[C@@H]2COCCO2)ncn1. The zero-order chi connectivity index (χ0) is 14.5. The zero-order valence-electron chi connectivity index (χ0n) is 12.1. The van der Waals surface area contributed by atoms with E-state index in [0.29, 0.717) is 26.4 Å². The number of anilines is 2. The number of nitrogens with zero attached hydrogens (tertiary/aromatic N) is 3. The Bertz CT molecular complexity index is 454. The molecule has 2 aliphatic heterocycles. The Hall–Kier alpha value is -1.44. The molecular formula is C14H22N4O3. The van der Waals surface area contributed by atoms with Crippen LogP contribution in [0.25, 0.3) is 0 Å². The maximum Gasteiger partial charge on any atom is 0.134 e. The average molecular weight is 294 g/mol. The minimum atomic E-state index is 0.0640. The highest BCUT2D eigenvalue weighted by Gasteiger charge is 2.25. The Balaban J connectivity index is 1.60. The van der Waals surface area contributed by atoms with Crippen LogP contribution < -0.4 is 10.2 Å². The van der Waals surface area contributed by atoms with Crippen molar-refractivity contribution < 1.29 is 14.6 Å². The van der Waals surface area contributed by atoms with E-state index in [9.17, 15) is 5.11 Å². The molecule has 21 heavy (non-hydrogen) atoms. The van der Waals surface area contributed by atoms with Crippen molar-refractivity contribution in [3.05, 3.63) is 12.4 Å². The summed E-state index contributed by atoms with van der Waals surface area (Å²) in [6, 6.07) is 2.10. The first-order valence-corrected chi connectivity index (χ1v) is 7.49. The number of nitrogens with one attached hydrogen (secondary N) is 1. The number of aliphatic hydroxyl groups is 1. The van der Waals surface area contributed by atoms with Gasteiger partial charge in [0.2, 0.25) is 0 Å². The maximum absolute atomic E-state index is 9.41. The predicted molar refractivity (Wildman–Crippen MR) is 78.5 cm³/mol. The van der Waals surface area contributed by atoms with Crippen molar-refractivity contribution in [2.45, 2.75) is 25.0 Å². The second-order valence-corrected chi connectivity index (χ2v) is 5.38. The van der Waals surface area contributed by atoms with Crippen molar-refractivity contribution in [3.8, 4) is 0 Å². The van der Waals surface area contributed by atoms with Crippen LogP contribution in [-0.4, -0.2) is 66.7 Å². The van der Waals surface area contributed by atoms with E-state index in [1.807, 2.05) is 6.07 Å². The summed E-state index contributed by atoms with van der Waals surface area (Å²) in [6.45, 7) is 3.70. The summed E-state index contributed by atoms with van der Waals surface area (Å²) in [5, 5.41) is 12.7. The normalized spacial score (nSPS) is 26.0. The van der Waals surface area contributed by atoms with Crippen LogP contribution in [0.4, 0.5) is 11.6 Å². The van der Waals surface area contributed by atoms with E-state index in [1.165, 1.54) is 0 Å². The lowest BCUT2D eigenvalue weighted by Crippen LogP contribution is -2.34. The van der Waals surface area contributed by atoms with E-state index in [4.69, 9.17) is 9.47 Å². The Kier molecular flexibility index (Phi) is 4.84. The molecule has 1 aromatic rings. The molecule has 0 aliphatic carbocycles. The quantitative estimate of drug-likeness (QED) is 0.806. The highest BCUT2D eigenvalue weighted by atomic mass is 16.6. The van der Waals surface area contributed by atoms with Gasteiger partial charge in [0.05, 0.1) is 38.6 Å². The molecule has 3 heterocycles. The van der Waals surface area contributed by atoms with Crippen molar-refractivity contribution in [2.75, 3.05) is 49.7 Å². The first kappa shape index (κ1) is 14.5. The van der Waals surface area contributed by atoms with Crippen LogP contribution in [0.1, 0.15) is 12.8 Å². The van der Waals surface area contributed by atoms with Crippen LogP contribution in [0.3, 0.4) is 0 Å². The van der Waals surface area contributed by atoms with Crippen LogP contribution in [0.15, 0.2) is 12.4 Å². The fraction of sp³-hybridized carbons (Fsp3) is 0.714. The molecule has 2 N–H and O–H groups in total. The Labute approximate surface area is 124 Å². The summed E-state index contributed by atoms with van der Waals surface area (Å²) in [5.41, 5.74) is 0. The molecule has 0 unspecified atom stereocenters.